The summed E-state index contributed by atoms with van der Waals surface area (Å²) >= 11 is 0. The molecule has 0 aliphatic heterocycles. The minimum absolute atomic E-state index is 0.109. The van der Waals surface area contributed by atoms with Crippen molar-refractivity contribution in [1.82, 2.24) is 5.43 Å². The van der Waals surface area contributed by atoms with Crippen molar-refractivity contribution in [2.24, 2.45) is 5.10 Å². The van der Waals surface area contributed by atoms with E-state index >= 15 is 0 Å². The van der Waals surface area contributed by atoms with E-state index in [1.807, 2.05) is 18.7 Å². The zero-order valence-electron chi connectivity index (χ0n) is 16.7. The second-order valence-corrected chi connectivity index (χ2v) is 6.25. The highest BCUT2D eigenvalue weighted by molar-refractivity contribution is 5.87. The number of benzene rings is 1. The molecule has 0 fully saturated rings. The first-order valence-corrected chi connectivity index (χ1v) is 8.80. The van der Waals surface area contributed by atoms with Gasteiger partial charge in [0, 0.05) is 18.8 Å². The molecule has 1 atom stereocenters. The first kappa shape index (κ1) is 28.4. The second-order valence-electron chi connectivity index (χ2n) is 6.25. The molecule has 1 N–H and O–H groups in total. The van der Waals surface area contributed by atoms with Gasteiger partial charge in [-0.15, -0.1) is 0 Å². The van der Waals surface area contributed by atoms with E-state index in [0.717, 1.165) is 11.1 Å². The summed E-state index contributed by atoms with van der Waals surface area (Å²) in [5.41, 5.74) is 1.62. The molecular weight excluding hydrogens is 487 g/mol. The number of ether oxygens (including phenoxy) is 1. The third kappa shape index (κ3) is 6.03. The smallest absolute Gasteiger partial charge is 0.372 e. The number of carbonyl (C=O) groups is 1. The summed E-state index contributed by atoms with van der Waals surface area (Å²) in [5.74, 6) is -16.8. The molecule has 0 spiro atoms. The number of hydrazone groups is 1. The van der Waals surface area contributed by atoms with Gasteiger partial charge >= 0.3 is 36.1 Å². The molecule has 0 bridgehead atoms. The predicted molar refractivity (Wildman–Crippen MR) is 92.7 cm³/mol. The first-order valence-electron chi connectivity index (χ1n) is 8.80. The van der Waals surface area contributed by atoms with E-state index < -0.39 is 36.1 Å². The van der Waals surface area contributed by atoms with Gasteiger partial charge in [0.1, 0.15) is 0 Å². The van der Waals surface area contributed by atoms with Crippen molar-refractivity contribution >= 4 is 17.8 Å². The summed E-state index contributed by atoms with van der Waals surface area (Å²) in [6.45, 7) is 4.98. The number of carbonyl (C=O) groups excluding carboxylic acids is 1. The van der Waals surface area contributed by atoms with E-state index in [4.69, 9.17) is 0 Å². The summed E-state index contributed by atoms with van der Waals surface area (Å²) < 4.78 is 143. The summed E-state index contributed by atoms with van der Waals surface area (Å²) in [6.07, 6.45) is -20.4. The van der Waals surface area contributed by atoms with Crippen LogP contribution in [-0.2, 0) is 9.53 Å². The molecule has 0 aliphatic carbocycles. The predicted octanol–water partition coefficient (Wildman–Crippen LogP) is 5.02. The van der Waals surface area contributed by atoms with Crippen molar-refractivity contribution in [2.45, 2.75) is 44.1 Å². The lowest BCUT2D eigenvalue weighted by molar-refractivity contribution is -0.472. The highest BCUT2D eigenvalue weighted by Gasteiger charge is 2.79. The largest absolute Gasteiger partial charge is 0.462 e. The molecule has 0 unspecified atom stereocenters. The Balaban J connectivity index is 3.09. The van der Waals surface area contributed by atoms with E-state index in [2.05, 4.69) is 9.84 Å². The Morgan fingerprint density at radius 2 is 1.39 bits per heavy atom. The third-order valence-corrected chi connectivity index (χ3v) is 4.05. The first-order chi connectivity index (χ1) is 14.8. The molecule has 0 aromatic heterocycles. The molecule has 1 amide bonds. The molecule has 0 aliphatic rings. The van der Waals surface area contributed by atoms with Crippen molar-refractivity contribution < 1.29 is 57.8 Å². The molecule has 0 saturated carbocycles. The molecule has 0 saturated heterocycles. The van der Waals surface area contributed by atoms with Gasteiger partial charge in [-0.05, 0) is 31.5 Å². The molecule has 5 nitrogen and oxygen atoms in total. The van der Waals surface area contributed by atoms with Crippen LogP contribution in [0.5, 0.6) is 0 Å². The van der Waals surface area contributed by atoms with E-state index in [9.17, 15) is 53.1 Å². The van der Waals surface area contributed by atoms with Crippen LogP contribution < -0.4 is 10.3 Å². The monoisotopic (exact) mass is 503 g/mol. The zero-order chi connectivity index (χ0) is 25.9. The highest BCUT2D eigenvalue weighted by Crippen LogP contribution is 2.50. The molecule has 1 rings (SSSR count). The summed E-state index contributed by atoms with van der Waals surface area (Å²) in [4.78, 5) is 13.4. The number of hydrogen-bond donors (Lipinski definition) is 1. The summed E-state index contributed by atoms with van der Waals surface area (Å²) in [7, 11) is 0. The Labute approximate surface area is 179 Å². The lowest BCUT2D eigenvalue weighted by atomic mass is 10.2. The molecule has 0 heterocycles. The molecular formula is C17H16F11N3O2. The van der Waals surface area contributed by atoms with E-state index in [1.165, 1.54) is 24.3 Å². The molecule has 1 aromatic rings. The maximum Gasteiger partial charge on any atom is 0.462 e. The van der Waals surface area contributed by atoms with Crippen LogP contribution >= 0.6 is 0 Å². The van der Waals surface area contributed by atoms with E-state index in [-0.39, 0.29) is 5.56 Å². The minimum Gasteiger partial charge on any atom is -0.372 e. The standard InChI is InChI=1S/C17H16F11N3O2/c1-3-31(4-2)11-7-5-10(6-8-11)9-29-30-12(32)13(18,15(21,22)23)33-17(27,28)14(19,20)16(24,25)26/h5-9H,3-4H2,1-2H3,(H,30,32)/t13-/m1/s1. The highest BCUT2D eigenvalue weighted by atomic mass is 19.4. The maximum atomic E-state index is 14.0. The number of amides is 1. The average molecular weight is 503 g/mol. The molecule has 0 radical (unpaired) electrons. The van der Waals surface area contributed by atoms with Crippen LogP contribution in [0.3, 0.4) is 0 Å². The number of nitrogens with zero attached hydrogens (tertiary/aromatic N) is 2. The van der Waals surface area contributed by atoms with Crippen molar-refractivity contribution in [2.75, 3.05) is 18.0 Å². The van der Waals surface area contributed by atoms with Crippen LogP contribution in [0.4, 0.5) is 54.0 Å². The molecule has 188 valence electrons. The van der Waals surface area contributed by atoms with Crippen molar-refractivity contribution in [3.8, 4) is 0 Å². The van der Waals surface area contributed by atoms with Crippen LogP contribution in [0.2, 0.25) is 0 Å². The quantitative estimate of drug-likeness (QED) is 0.293. The van der Waals surface area contributed by atoms with Crippen LogP contribution in [-0.4, -0.2) is 55.4 Å². The van der Waals surface area contributed by atoms with E-state index in [1.54, 1.807) is 0 Å². The van der Waals surface area contributed by atoms with Crippen LogP contribution in [0.1, 0.15) is 19.4 Å². The van der Waals surface area contributed by atoms with Crippen LogP contribution in [0, 0.1) is 0 Å². The number of nitrogens with one attached hydrogen (secondary N) is 1. The van der Waals surface area contributed by atoms with Gasteiger partial charge in [0.2, 0.25) is 0 Å². The average Bonchev–Trinajstić information content (AvgIpc) is 2.67. The third-order valence-electron chi connectivity index (χ3n) is 4.05. The van der Waals surface area contributed by atoms with Gasteiger partial charge < -0.3 is 4.90 Å². The Morgan fingerprint density at radius 3 is 1.79 bits per heavy atom. The fourth-order valence-electron chi connectivity index (χ4n) is 2.24. The lowest BCUT2D eigenvalue weighted by Crippen LogP contribution is -2.63. The molecule has 33 heavy (non-hydrogen) atoms. The van der Waals surface area contributed by atoms with Gasteiger partial charge in [0.25, 0.3) is 0 Å². The van der Waals surface area contributed by atoms with Gasteiger partial charge in [-0.3, -0.25) is 9.53 Å². The molecule has 1 aromatic carbocycles. The zero-order valence-corrected chi connectivity index (χ0v) is 16.7. The number of alkyl halides is 11. The normalized spacial score (nSPS) is 15.4. The van der Waals surface area contributed by atoms with Crippen LogP contribution in [0.25, 0.3) is 0 Å². The fourth-order valence-corrected chi connectivity index (χ4v) is 2.24. The maximum absolute atomic E-state index is 14.0. The SMILES string of the molecule is CCN(CC)c1ccc(C=NNC(=O)[C@@](F)(OC(F)(F)C(F)(F)C(F)(F)F)C(F)(F)F)cc1. The number of rotatable bonds is 9. The van der Waals surface area contributed by atoms with Crippen LogP contribution in [0.15, 0.2) is 29.4 Å². The van der Waals surface area contributed by atoms with Gasteiger partial charge in [-0.1, -0.05) is 12.1 Å². The Morgan fingerprint density at radius 1 is 0.909 bits per heavy atom. The van der Waals surface area contributed by atoms with Crippen molar-refractivity contribution in [3.63, 3.8) is 0 Å². The Bertz CT molecular complexity index is 834. The second kappa shape index (κ2) is 9.69. The number of anilines is 1. The lowest BCUT2D eigenvalue weighted by Gasteiger charge is -2.33. The topological polar surface area (TPSA) is 53.9 Å². The summed E-state index contributed by atoms with van der Waals surface area (Å²) in [5, 5.41) is 2.86. The van der Waals surface area contributed by atoms with Gasteiger partial charge in [-0.25, -0.2) is 5.43 Å². The van der Waals surface area contributed by atoms with Crippen molar-refractivity contribution in [1.29, 1.82) is 0 Å². The Hall–Kier alpha value is -2.65. The fraction of sp³-hybridized carbons (Fsp3) is 0.529. The Kier molecular flexibility index (Phi) is 8.33. The van der Waals surface area contributed by atoms with Gasteiger partial charge in [0.05, 0.1) is 6.21 Å². The molecule has 16 heteroatoms. The van der Waals surface area contributed by atoms with Gasteiger partial charge in [-0.2, -0.15) is 53.4 Å². The van der Waals surface area contributed by atoms with Gasteiger partial charge in [0.15, 0.2) is 0 Å². The van der Waals surface area contributed by atoms with Crippen molar-refractivity contribution in [3.05, 3.63) is 29.8 Å². The summed E-state index contributed by atoms with van der Waals surface area (Å²) in [6, 6.07) is 5.77. The number of hydrogen-bond acceptors (Lipinski definition) is 4. The number of halogens is 11. The minimum atomic E-state index is -7.27. The van der Waals surface area contributed by atoms with E-state index in [0.29, 0.717) is 19.3 Å².